The van der Waals surface area contributed by atoms with Crippen LogP contribution >= 0.6 is 0 Å². The largest absolute Gasteiger partial charge is 0.416 e. The van der Waals surface area contributed by atoms with Gasteiger partial charge in [0.05, 0.1) is 5.56 Å². The second-order valence-corrected chi connectivity index (χ2v) is 8.11. The number of alkyl halides is 3. The van der Waals surface area contributed by atoms with E-state index in [0.29, 0.717) is 12.0 Å². The van der Waals surface area contributed by atoms with Gasteiger partial charge in [-0.15, -0.1) is 0 Å². The normalized spacial score (nSPS) is 22.9. The van der Waals surface area contributed by atoms with Crippen LogP contribution in [0.1, 0.15) is 50.7 Å². The van der Waals surface area contributed by atoms with Crippen molar-refractivity contribution in [3.05, 3.63) is 35.4 Å². The molecule has 1 atom stereocenters. The molecule has 0 unspecified atom stereocenters. The molecule has 0 spiro atoms. The van der Waals surface area contributed by atoms with Crippen molar-refractivity contribution < 1.29 is 27.6 Å². The van der Waals surface area contributed by atoms with Gasteiger partial charge in [0.15, 0.2) is 0 Å². The van der Waals surface area contributed by atoms with Gasteiger partial charge in [0.2, 0.25) is 11.8 Å². The van der Waals surface area contributed by atoms with Crippen molar-refractivity contribution >= 4 is 17.8 Å². The molecule has 4 amide bonds. The highest BCUT2D eigenvalue weighted by atomic mass is 19.4. The van der Waals surface area contributed by atoms with Gasteiger partial charge >= 0.3 is 12.2 Å². The molecule has 1 aromatic rings. The number of amides is 4. The average Bonchev–Trinajstić information content (AvgIpc) is 2.93. The highest BCUT2D eigenvalue weighted by molar-refractivity contribution is 6.14. The van der Waals surface area contributed by atoms with Crippen LogP contribution in [-0.4, -0.2) is 40.2 Å². The lowest BCUT2D eigenvalue weighted by molar-refractivity contribution is -0.145. The Labute approximate surface area is 161 Å². The van der Waals surface area contributed by atoms with Crippen LogP contribution in [-0.2, 0) is 22.2 Å². The molecule has 2 fully saturated rings. The molecule has 1 aliphatic heterocycles. The fourth-order valence-electron chi connectivity index (χ4n) is 4.11. The number of imide groups is 2. The summed E-state index contributed by atoms with van der Waals surface area (Å²) in [6.07, 6.45) is -2.28. The zero-order chi connectivity index (χ0) is 20.7. The molecule has 0 N–H and O–H groups in total. The predicted molar refractivity (Wildman–Crippen MR) is 95.1 cm³/mol. The minimum absolute atomic E-state index is 0.0596. The van der Waals surface area contributed by atoms with Crippen LogP contribution in [0.4, 0.5) is 18.0 Å². The van der Waals surface area contributed by atoms with Crippen molar-refractivity contribution in [2.24, 2.45) is 5.41 Å². The van der Waals surface area contributed by atoms with E-state index in [4.69, 9.17) is 0 Å². The maximum atomic E-state index is 12.9. The number of carbonyl (C=O) groups excluding carboxylic acids is 3. The Bertz CT molecular complexity index is 804. The molecule has 1 saturated heterocycles. The van der Waals surface area contributed by atoms with Crippen LogP contribution in [0, 0.1) is 5.41 Å². The Balaban J connectivity index is 1.76. The van der Waals surface area contributed by atoms with E-state index in [1.165, 1.54) is 17.0 Å². The van der Waals surface area contributed by atoms with Gasteiger partial charge in [0.1, 0.15) is 6.42 Å². The SMILES string of the molecule is CC1(C)CCC[C@H]1N1C(=O)CC(=O)N(CCc2cccc(C(F)(F)F)c2)C1=O. The topological polar surface area (TPSA) is 57.7 Å². The smallest absolute Gasteiger partial charge is 0.274 e. The minimum atomic E-state index is -4.45. The molecule has 0 bridgehead atoms. The summed E-state index contributed by atoms with van der Waals surface area (Å²) < 4.78 is 38.6. The zero-order valence-corrected chi connectivity index (χ0v) is 15.9. The lowest BCUT2D eigenvalue weighted by atomic mass is 9.86. The predicted octanol–water partition coefficient (Wildman–Crippen LogP) is 4.01. The number of barbiturate groups is 1. The first kappa shape index (κ1) is 20.4. The first-order chi connectivity index (χ1) is 13.0. The number of hydrogen-bond acceptors (Lipinski definition) is 3. The molecule has 1 heterocycles. The maximum Gasteiger partial charge on any atom is 0.416 e. The Kier molecular flexibility index (Phi) is 5.25. The van der Waals surface area contributed by atoms with Crippen molar-refractivity contribution in [2.45, 2.75) is 58.2 Å². The number of carbonyl (C=O) groups is 3. The van der Waals surface area contributed by atoms with Crippen LogP contribution in [0.2, 0.25) is 0 Å². The van der Waals surface area contributed by atoms with Gasteiger partial charge in [-0.25, -0.2) is 4.79 Å². The number of nitrogens with zero attached hydrogens (tertiary/aromatic N) is 2. The van der Waals surface area contributed by atoms with Crippen molar-refractivity contribution in [3.8, 4) is 0 Å². The minimum Gasteiger partial charge on any atom is -0.274 e. The first-order valence-electron chi connectivity index (χ1n) is 9.33. The fourth-order valence-corrected chi connectivity index (χ4v) is 4.11. The van der Waals surface area contributed by atoms with E-state index in [0.717, 1.165) is 29.9 Å². The monoisotopic (exact) mass is 396 g/mol. The summed E-state index contributed by atoms with van der Waals surface area (Å²) in [5.74, 6) is -1.10. The average molecular weight is 396 g/mol. The Morgan fingerprint density at radius 1 is 1.14 bits per heavy atom. The van der Waals surface area contributed by atoms with Crippen LogP contribution in [0.3, 0.4) is 0 Å². The number of halogens is 3. The van der Waals surface area contributed by atoms with Crippen molar-refractivity contribution in [1.82, 2.24) is 9.80 Å². The lowest BCUT2D eigenvalue weighted by Gasteiger charge is -2.41. The number of rotatable bonds is 4. The molecule has 0 radical (unpaired) electrons. The fraction of sp³-hybridized carbons (Fsp3) is 0.550. The molecular formula is C20H23F3N2O3. The molecule has 3 rings (SSSR count). The van der Waals surface area contributed by atoms with E-state index < -0.39 is 29.6 Å². The molecule has 0 aromatic heterocycles. The molecule has 1 aromatic carbocycles. The summed E-state index contributed by atoms with van der Waals surface area (Å²) in [5.41, 5.74) is -0.621. The standard InChI is InChI=1S/C20H23F3N2O3/c1-19(2)9-4-7-15(19)25-17(27)12-16(26)24(18(25)28)10-8-13-5-3-6-14(11-13)20(21,22)23/h3,5-6,11,15H,4,7-10,12H2,1-2H3/t15-/m1/s1. The van der Waals surface area contributed by atoms with Crippen molar-refractivity contribution in [3.63, 3.8) is 0 Å². The quantitative estimate of drug-likeness (QED) is 0.723. The Hall–Kier alpha value is -2.38. The Morgan fingerprint density at radius 3 is 2.46 bits per heavy atom. The van der Waals surface area contributed by atoms with Gasteiger partial charge < -0.3 is 0 Å². The highest BCUT2D eigenvalue weighted by Crippen LogP contribution is 2.41. The second-order valence-electron chi connectivity index (χ2n) is 8.11. The van der Waals surface area contributed by atoms with Gasteiger partial charge in [-0.1, -0.05) is 38.5 Å². The molecule has 1 saturated carbocycles. The van der Waals surface area contributed by atoms with Crippen LogP contribution < -0.4 is 0 Å². The van der Waals surface area contributed by atoms with Crippen molar-refractivity contribution in [1.29, 1.82) is 0 Å². The first-order valence-corrected chi connectivity index (χ1v) is 9.33. The van der Waals surface area contributed by atoms with Gasteiger partial charge in [-0.2, -0.15) is 13.2 Å². The lowest BCUT2D eigenvalue weighted by Crippen LogP contribution is -2.60. The third-order valence-electron chi connectivity index (χ3n) is 5.70. The van der Waals surface area contributed by atoms with E-state index in [2.05, 4.69) is 0 Å². The van der Waals surface area contributed by atoms with Gasteiger partial charge in [-0.3, -0.25) is 19.4 Å². The second kappa shape index (κ2) is 7.22. The summed E-state index contributed by atoms with van der Waals surface area (Å²) in [6.45, 7) is 3.93. The third kappa shape index (κ3) is 3.91. The summed E-state index contributed by atoms with van der Waals surface area (Å²) in [6, 6.07) is 3.89. The van der Waals surface area contributed by atoms with Crippen LogP contribution in [0.15, 0.2) is 24.3 Å². The third-order valence-corrected chi connectivity index (χ3v) is 5.70. The Morgan fingerprint density at radius 2 is 1.86 bits per heavy atom. The summed E-state index contributed by atoms with van der Waals surface area (Å²) in [4.78, 5) is 39.7. The van der Waals surface area contributed by atoms with Crippen molar-refractivity contribution in [2.75, 3.05) is 6.54 Å². The maximum absolute atomic E-state index is 12.9. The number of urea groups is 1. The van der Waals surface area contributed by atoms with Gasteiger partial charge in [0.25, 0.3) is 0 Å². The summed E-state index contributed by atoms with van der Waals surface area (Å²) in [7, 11) is 0. The van der Waals surface area contributed by atoms with E-state index in [1.807, 2.05) is 13.8 Å². The molecule has 2 aliphatic rings. The zero-order valence-electron chi connectivity index (χ0n) is 15.9. The molecule has 152 valence electrons. The molecule has 5 nitrogen and oxygen atoms in total. The molecule has 1 aliphatic carbocycles. The summed E-state index contributed by atoms with van der Waals surface area (Å²) >= 11 is 0. The molecule has 8 heteroatoms. The van der Waals surface area contributed by atoms with Gasteiger partial charge in [-0.05, 0) is 36.3 Å². The summed E-state index contributed by atoms with van der Waals surface area (Å²) in [5, 5.41) is 0. The van der Waals surface area contributed by atoms with E-state index in [1.54, 1.807) is 0 Å². The van der Waals surface area contributed by atoms with Crippen LogP contribution in [0.25, 0.3) is 0 Å². The van der Waals surface area contributed by atoms with Gasteiger partial charge in [0, 0.05) is 12.6 Å². The van der Waals surface area contributed by atoms with Crippen LogP contribution in [0.5, 0.6) is 0 Å². The number of benzene rings is 1. The molecular weight excluding hydrogens is 373 g/mol. The van der Waals surface area contributed by atoms with E-state index in [-0.39, 0.29) is 30.8 Å². The highest BCUT2D eigenvalue weighted by Gasteiger charge is 2.48. The molecule has 28 heavy (non-hydrogen) atoms. The van der Waals surface area contributed by atoms with E-state index in [9.17, 15) is 27.6 Å². The number of hydrogen-bond donors (Lipinski definition) is 0. The van der Waals surface area contributed by atoms with E-state index >= 15 is 0 Å².